The largest absolute Gasteiger partial charge is 0.361 e. The molecule has 6 nitrogen and oxygen atoms in total. The molecule has 0 radical (unpaired) electrons. The molecule has 6 heteroatoms. The second-order valence-corrected chi connectivity index (χ2v) is 6.97. The number of amides is 2. The van der Waals surface area contributed by atoms with Crippen molar-refractivity contribution in [3.63, 3.8) is 0 Å². The van der Waals surface area contributed by atoms with Gasteiger partial charge < -0.3 is 14.7 Å². The first-order chi connectivity index (χ1) is 13.6. The Bertz CT molecular complexity index is 1010. The smallest absolute Gasteiger partial charge is 0.253 e. The Morgan fingerprint density at radius 3 is 2.82 bits per heavy atom. The van der Waals surface area contributed by atoms with E-state index >= 15 is 0 Å². The number of carbonyl (C=O) groups is 2. The van der Waals surface area contributed by atoms with Gasteiger partial charge >= 0.3 is 0 Å². The summed E-state index contributed by atoms with van der Waals surface area (Å²) in [5, 5.41) is 6.90. The van der Waals surface area contributed by atoms with Crippen LogP contribution in [0.25, 0.3) is 11.3 Å². The van der Waals surface area contributed by atoms with Crippen molar-refractivity contribution >= 4 is 17.5 Å². The Labute approximate surface area is 163 Å². The molecule has 4 rings (SSSR count). The van der Waals surface area contributed by atoms with Crippen molar-refractivity contribution < 1.29 is 14.1 Å². The summed E-state index contributed by atoms with van der Waals surface area (Å²) in [5.74, 6) is 0.710. The van der Waals surface area contributed by atoms with Crippen LogP contribution in [-0.2, 0) is 17.6 Å². The maximum Gasteiger partial charge on any atom is 0.253 e. The predicted molar refractivity (Wildman–Crippen MR) is 106 cm³/mol. The number of aromatic nitrogens is 1. The molecule has 3 aromatic rings. The summed E-state index contributed by atoms with van der Waals surface area (Å²) in [6, 6.07) is 17.2. The van der Waals surface area contributed by atoms with Gasteiger partial charge in [0.1, 0.15) is 11.5 Å². The molecule has 1 aliphatic rings. The van der Waals surface area contributed by atoms with E-state index in [4.69, 9.17) is 4.52 Å². The van der Waals surface area contributed by atoms with E-state index in [1.54, 1.807) is 24.1 Å². The molecule has 1 N–H and O–H groups in total. The number of rotatable bonds is 6. The fraction of sp³-hybridized carbons (Fsp3) is 0.227. The van der Waals surface area contributed by atoms with Crippen LogP contribution in [0.3, 0.4) is 0 Å². The lowest BCUT2D eigenvalue weighted by Gasteiger charge is -2.17. The van der Waals surface area contributed by atoms with Crippen molar-refractivity contribution in [1.29, 1.82) is 0 Å². The number of nitrogens with one attached hydrogen (secondary N) is 1. The minimum atomic E-state index is -0.0634. The summed E-state index contributed by atoms with van der Waals surface area (Å²) in [4.78, 5) is 25.8. The Morgan fingerprint density at radius 1 is 1.18 bits per heavy atom. The molecule has 2 heterocycles. The van der Waals surface area contributed by atoms with Gasteiger partial charge in [0.25, 0.3) is 5.91 Å². The van der Waals surface area contributed by atoms with Crippen molar-refractivity contribution in [2.75, 3.05) is 18.9 Å². The fourth-order valence-corrected chi connectivity index (χ4v) is 3.34. The van der Waals surface area contributed by atoms with Crippen LogP contribution in [0.5, 0.6) is 0 Å². The lowest BCUT2D eigenvalue weighted by atomic mass is 10.1. The summed E-state index contributed by atoms with van der Waals surface area (Å²) in [5.41, 5.74) is 4.09. The zero-order valence-electron chi connectivity index (χ0n) is 15.6. The second-order valence-electron chi connectivity index (χ2n) is 6.97. The highest BCUT2D eigenvalue weighted by Crippen LogP contribution is 2.24. The van der Waals surface area contributed by atoms with E-state index in [1.165, 1.54) is 0 Å². The van der Waals surface area contributed by atoms with Crippen LogP contribution in [0.2, 0.25) is 0 Å². The highest BCUT2D eigenvalue weighted by molar-refractivity contribution is 6.02. The van der Waals surface area contributed by atoms with Crippen LogP contribution >= 0.6 is 0 Å². The Balaban J connectivity index is 1.32. The maximum atomic E-state index is 12.6. The number of anilines is 1. The van der Waals surface area contributed by atoms with Gasteiger partial charge in [-0.05, 0) is 24.1 Å². The fourth-order valence-electron chi connectivity index (χ4n) is 3.34. The van der Waals surface area contributed by atoms with Gasteiger partial charge in [-0.3, -0.25) is 9.59 Å². The van der Waals surface area contributed by atoms with Crippen molar-refractivity contribution in [3.8, 4) is 11.3 Å². The molecule has 142 valence electrons. The molecule has 0 saturated heterocycles. The number of nitrogens with zero attached hydrogens (tertiary/aromatic N) is 2. The quantitative estimate of drug-likeness (QED) is 0.715. The number of hydrogen-bond acceptors (Lipinski definition) is 4. The molecular formula is C22H21N3O3. The van der Waals surface area contributed by atoms with E-state index in [0.717, 1.165) is 34.7 Å². The van der Waals surface area contributed by atoms with Crippen LogP contribution in [0.4, 0.5) is 5.69 Å². The van der Waals surface area contributed by atoms with Crippen LogP contribution in [0.15, 0.2) is 59.1 Å². The number of benzene rings is 2. The second kappa shape index (κ2) is 7.68. The van der Waals surface area contributed by atoms with Gasteiger partial charge in [0.15, 0.2) is 0 Å². The van der Waals surface area contributed by atoms with Gasteiger partial charge in [-0.15, -0.1) is 0 Å². The summed E-state index contributed by atoms with van der Waals surface area (Å²) >= 11 is 0. The Kier molecular flexibility index (Phi) is 4.93. The van der Waals surface area contributed by atoms with Crippen molar-refractivity contribution in [1.82, 2.24) is 10.1 Å². The van der Waals surface area contributed by atoms with E-state index < -0.39 is 0 Å². The summed E-state index contributed by atoms with van der Waals surface area (Å²) < 4.78 is 5.41. The van der Waals surface area contributed by atoms with Crippen LogP contribution in [0.1, 0.15) is 28.1 Å². The van der Waals surface area contributed by atoms with Crippen LogP contribution in [-0.4, -0.2) is 35.5 Å². The standard InChI is InChI=1S/C22H21N3O3/c1-25(22(27)17-10-9-16-13-21(26)23-19(16)12-17)11-5-8-18-14-20(24-28-18)15-6-3-2-4-7-15/h2-4,6-7,9-10,12,14H,5,8,11,13H2,1H3,(H,23,26). The highest BCUT2D eigenvalue weighted by atomic mass is 16.5. The summed E-state index contributed by atoms with van der Waals surface area (Å²) in [6.45, 7) is 0.601. The van der Waals surface area contributed by atoms with Crippen molar-refractivity contribution in [2.45, 2.75) is 19.3 Å². The first-order valence-corrected chi connectivity index (χ1v) is 9.29. The van der Waals surface area contributed by atoms with Gasteiger partial charge in [-0.1, -0.05) is 41.6 Å². The number of carbonyl (C=O) groups excluding carboxylic acids is 2. The molecule has 0 unspecified atom stereocenters. The maximum absolute atomic E-state index is 12.6. The minimum absolute atomic E-state index is 0.0325. The molecule has 0 atom stereocenters. The molecule has 0 bridgehead atoms. The van der Waals surface area contributed by atoms with Crippen molar-refractivity contribution in [3.05, 3.63) is 71.5 Å². The lowest BCUT2D eigenvalue weighted by Crippen LogP contribution is -2.28. The minimum Gasteiger partial charge on any atom is -0.361 e. The van der Waals surface area contributed by atoms with Crippen molar-refractivity contribution in [2.24, 2.45) is 0 Å². The first kappa shape index (κ1) is 18.0. The number of aryl methyl sites for hydroxylation is 1. The van der Waals surface area contributed by atoms with E-state index in [2.05, 4.69) is 10.5 Å². The SMILES string of the molecule is CN(CCCc1cc(-c2ccccc2)no1)C(=O)c1ccc2c(c1)NC(=O)C2. The third-order valence-electron chi connectivity index (χ3n) is 4.87. The average Bonchev–Trinajstić information content (AvgIpc) is 3.33. The molecule has 0 fully saturated rings. The highest BCUT2D eigenvalue weighted by Gasteiger charge is 2.20. The average molecular weight is 375 g/mol. The van der Waals surface area contributed by atoms with Crippen LogP contribution in [0, 0.1) is 0 Å². The molecule has 2 aromatic carbocycles. The number of fused-ring (bicyclic) bond motifs is 1. The molecule has 0 aliphatic carbocycles. The molecule has 1 aliphatic heterocycles. The topological polar surface area (TPSA) is 75.4 Å². The Morgan fingerprint density at radius 2 is 2.00 bits per heavy atom. The molecule has 28 heavy (non-hydrogen) atoms. The zero-order chi connectivity index (χ0) is 19.5. The summed E-state index contributed by atoms with van der Waals surface area (Å²) in [6.07, 6.45) is 1.85. The van der Waals surface area contributed by atoms with Gasteiger partial charge in [0, 0.05) is 42.9 Å². The third-order valence-corrected chi connectivity index (χ3v) is 4.87. The van der Waals surface area contributed by atoms with Gasteiger partial charge in [0.2, 0.25) is 5.91 Å². The molecule has 0 spiro atoms. The molecule has 1 aromatic heterocycles. The zero-order valence-corrected chi connectivity index (χ0v) is 15.6. The van der Waals surface area contributed by atoms with Gasteiger partial charge in [-0.2, -0.15) is 0 Å². The van der Waals surface area contributed by atoms with Crippen LogP contribution < -0.4 is 5.32 Å². The Hall–Kier alpha value is -3.41. The van der Waals surface area contributed by atoms with E-state index in [1.807, 2.05) is 42.5 Å². The van der Waals surface area contributed by atoms with E-state index in [-0.39, 0.29) is 11.8 Å². The summed E-state index contributed by atoms with van der Waals surface area (Å²) in [7, 11) is 1.78. The normalized spacial score (nSPS) is 12.5. The monoisotopic (exact) mass is 375 g/mol. The van der Waals surface area contributed by atoms with E-state index in [9.17, 15) is 9.59 Å². The molecular weight excluding hydrogens is 354 g/mol. The predicted octanol–water partition coefficient (Wildman–Crippen LogP) is 3.54. The molecule has 0 saturated carbocycles. The third kappa shape index (κ3) is 3.81. The van der Waals surface area contributed by atoms with Gasteiger partial charge in [0.05, 0.1) is 6.42 Å². The lowest BCUT2D eigenvalue weighted by molar-refractivity contribution is -0.115. The van der Waals surface area contributed by atoms with E-state index in [0.29, 0.717) is 24.9 Å². The molecule has 2 amide bonds. The first-order valence-electron chi connectivity index (χ1n) is 9.29. The number of hydrogen-bond donors (Lipinski definition) is 1. The van der Waals surface area contributed by atoms with Gasteiger partial charge in [-0.25, -0.2) is 0 Å².